The van der Waals surface area contributed by atoms with E-state index in [0.717, 1.165) is 12.8 Å². The second-order valence-corrected chi connectivity index (χ2v) is 2.96. The summed E-state index contributed by atoms with van der Waals surface area (Å²) in [6, 6.07) is 0.0946. The van der Waals surface area contributed by atoms with Crippen LogP contribution in [0.25, 0.3) is 0 Å². The molecule has 1 rings (SSSR count). The molecule has 0 aliphatic carbocycles. The smallest absolute Gasteiger partial charge is 0.103 e. The van der Waals surface area contributed by atoms with Crippen molar-refractivity contribution >= 4 is 12.4 Å². The van der Waals surface area contributed by atoms with Gasteiger partial charge in [0, 0.05) is 6.04 Å². The van der Waals surface area contributed by atoms with Crippen LogP contribution in [0.4, 0.5) is 0 Å². The first-order chi connectivity index (χ1) is 5.24. The minimum atomic E-state index is -0.748. The van der Waals surface area contributed by atoms with E-state index in [1.165, 1.54) is 0 Å². The zero-order valence-corrected chi connectivity index (χ0v) is 7.67. The van der Waals surface area contributed by atoms with Crippen molar-refractivity contribution in [2.45, 2.75) is 31.1 Å². The van der Waals surface area contributed by atoms with Crippen LogP contribution in [0.1, 0.15) is 12.8 Å². The van der Waals surface area contributed by atoms with Crippen molar-refractivity contribution in [3.8, 4) is 0 Å². The summed E-state index contributed by atoms with van der Waals surface area (Å²) in [4.78, 5) is 0. The standard InChI is InChI=1S/C7H15NO3.ClH/c8-5-1-2-7(11-4-5)6(10)3-9;/h5-7,9-10H,1-4,8H2;1H/t5-,6?,7+;/m1./s1. The maximum Gasteiger partial charge on any atom is 0.103 e. The van der Waals surface area contributed by atoms with Crippen LogP contribution in [-0.2, 0) is 4.74 Å². The average Bonchev–Trinajstić information content (AvgIpc) is 2.05. The van der Waals surface area contributed by atoms with E-state index < -0.39 is 6.10 Å². The van der Waals surface area contributed by atoms with E-state index in [2.05, 4.69) is 0 Å². The monoisotopic (exact) mass is 197 g/mol. The van der Waals surface area contributed by atoms with Gasteiger partial charge in [0.2, 0.25) is 0 Å². The molecular weight excluding hydrogens is 182 g/mol. The highest BCUT2D eigenvalue weighted by Crippen LogP contribution is 2.14. The highest BCUT2D eigenvalue weighted by Gasteiger charge is 2.24. The Bertz CT molecular complexity index is 117. The Morgan fingerprint density at radius 2 is 2.17 bits per heavy atom. The molecule has 0 bridgehead atoms. The molecule has 4 N–H and O–H groups in total. The molecule has 5 heteroatoms. The molecule has 1 heterocycles. The molecule has 0 spiro atoms. The fraction of sp³-hybridized carbons (Fsp3) is 1.00. The Morgan fingerprint density at radius 1 is 1.50 bits per heavy atom. The molecule has 12 heavy (non-hydrogen) atoms. The Labute approximate surface area is 78.1 Å². The first kappa shape index (κ1) is 12.1. The molecule has 4 nitrogen and oxygen atoms in total. The molecule has 0 aromatic carbocycles. The number of halogens is 1. The van der Waals surface area contributed by atoms with Crippen LogP contribution in [0.5, 0.6) is 0 Å². The number of nitrogens with two attached hydrogens (primary N) is 1. The summed E-state index contributed by atoms with van der Waals surface area (Å²) in [5.41, 5.74) is 5.57. The van der Waals surface area contributed by atoms with E-state index in [4.69, 9.17) is 20.7 Å². The summed E-state index contributed by atoms with van der Waals surface area (Å²) < 4.78 is 5.21. The Morgan fingerprint density at radius 3 is 2.58 bits per heavy atom. The molecule has 3 atom stereocenters. The molecule has 0 radical (unpaired) electrons. The summed E-state index contributed by atoms with van der Waals surface area (Å²) >= 11 is 0. The minimum absolute atomic E-state index is 0. The lowest BCUT2D eigenvalue weighted by Crippen LogP contribution is -2.42. The molecule has 1 aliphatic heterocycles. The minimum Gasteiger partial charge on any atom is -0.394 e. The number of aliphatic hydroxyl groups is 2. The Hall–Kier alpha value is 0.130. The van der Waals surface area contributed by atoms with E-state index in [0.29, 0.717) is 6.61 Å². The molecule has 1 saturated heterocycles. The maximum absolute atomic E-state index is 9.15. The lowest BCUT2D eigenvalue weighted by Gasteiger charge is -2.29. The molecule has 1 unspecified atom stereocenters. The summed E-state index contributed by atoms with van der Waals surface area (Å²) in [6.07, 6.45) is 0.632. The molecule has 0 aromatic heterocycles. The summed E-state index contributed by atoms with van der Waals surface area (Å²) in [6.45, 7) is 0.252. The van der Waals surface area contributed by atoms with Gasteiger partial charge < -0.3 is 20.7 Å². The normalized spacial score (nSPS) is 32.2. The van der Waals surface area contributed by atoms with Gasteiger partial charge in [0.25, 0.3) is 0 Å². The van der Waals surface area contributed by atoms with Gasteiger partial charge in [-0.3, -0.25) is 0 Å². The topological polar surface area (TPSA) is 75.7 Å². The van der Waals surface area contributed by atoms with Gasteiger partial charge in [-0.05, 0) is 12.8 Å². The third-order valence-corrected chi connectivity index (χ3v) is 1.96. The predicted octanol–water partition coefficient (Wildman–Crippen LogP) is -0.732. The quantitative estimate of drug-likeness (QED) is 0.546. The predicted molar refractivity (Wildman–Crippen MR) is 47.3 cm³/mol. The van der Waals surface area contributed by atoms with Gasteiger partial charge >= 0.3 is 0 Å². The molecule has 74 valence electrons. The van der Waals surface area contributed by atoms with Gasteiger partial charge in [0.15, 0.2) is 0 Å². The third kappa shape index (κ3) is 3.25. The molecule has 0 saturated carbocycles. The molecule has 1 fully saturated rings. The van der Waals surface area contributed by atoms with Crippen LogP contribution < -0.4 is 5.73 Å². The van der Waals surface area contributed by atoms with Gasteiger partial charge in [0.1, 0.15) is 6.10 Å². The van der Waals surface area contributed by atoms with Crippen molar-refractivity contribution in [3.05, 3.63) is 0 Å². The highest BCUT2D eigenvalue weighted by atomic mass is 35.5. The van der Waals surface area contributed by atoms with Crippen molar-refractivity contribution in [3.63, 3.8) is 0 Å². The highest BCUT2D eigenvalue weighted by molar-refractivity contribution is 5.85. The van der Waals surface area contributed by atoms with Crippen molar-refractivity contribution in [2.24, 2.45) is 5.73 Å². The zero-order chi connectivity index (χ0) is 8.27. The Kier molecular flexibility index (Phi) is 5.78. The van der Waals surface area contributed by atoms with Crippen molar-refractivity contribution < 1.29 is 14.9 Å². The van der Waals surface area contributed by atoms with Crippen LogP contribution >= 0.6 is 12.4 Å². The Balaban J connectivity index is 0.00000121. The number of aliphatic hydroxyl groups excluding tert-OH is 2. The van der Waals surface area contributed by atoms with E-state index >= 15 is 0 Å². The van der Waals surface area contributed by atoms with Crippen LogP contribution in [-0.4, -0.2) is 41.7 Å². The number of ether oxygens (including phenoxy) is 1. The summed E-state index contributed by atoms with van der Waals surface area (Å²) in [7, 11) is 0. The van der Waals surface area contributed by atoms with Gasteiger partial charge in [0.05, 0.1) is 19.3 Å². The number of rotatable bonds is 2. The summed E-state index contributed by atoms with van der Waals surface area (Å²) in [5, 5.41) is 17.7. The largest absolute Gasteiger partial charge is 0.394 e. The van der Waals surface area contributed by atoms with Crippen LogP contribution in [0, 0.1) is 0 Å². The number of hydrogen-bond acceptors (Lipinski definition) is 4. The molecule has 0 amide bonds. The van der Waals surface area contributed by atoms with Gasteiger partial charge in [-0.1, -0.05) is 0 Å². The first-order valence-corrected chi connectivity index (χ1v) is 3.90. The molecule has 0 aromatic rings. The lowest BCUT2D eigenvalue weighted by atomic mass is 10.0. The van der Waals surface area contributed by atoms with E-state index in [9.17, 15) is 0 Å². The fourth-order valence-corrected chi connectivity index (χ4v) is 1.21. The maximum atomic E-state index is 9.15. The third-order valence-electron chi connectivity index (χ3n) is 1.96. The second kappa shape index (κ2) is 5.72. The van der Waals surface area contributed by atoms with E-state index in [1.807, 2.05) is 0 Å². The van der Waals surface area contributed by atoms with Gasteiger partial charge in [-0.15, -0.1) is 12.4 Å². The van der Waals surface area contributed by atoms with Crippen LogP contribution in [0.3, 0.4) is 0 Å². The summed E-state index contributed by atoms with van der Waals surface area (Å²) in [5.74, 6) is 0. The molecule has 1 aliphatic rings. The number of hydrogen-bond donors (Lipinski definition) is 3. The van der Waals surface area contributed by atoms with Gasteiger partial charge in [-0.25, -0.2) is 0 Å². The van der Waals surface area contributed by atoms with Crippen LogP contribution in [0.2, 0.25) is 0 Å². The van der Waals surface area contributed by atoms with Gasteiger partial charge in [-0.2, -0.15) is 0 Å². The van der Waals surface area contributed by atoms with Crippen molar-refractivity contribution in [1.82, 2.24) is 0 Å². The molecular formula is C7H16ClNO3. The lowest BCUT2D eigenvalue weighted by molar-refractivity contribution is -0.0833. The van der Waals surface area contributed by atoms with E-state index in [1.54, 1.807) is 0 Å². The van der Waals surface area contributed by atoms with Crippen molar-refractivity contribution in [2.75, 3.05) is 13.2 Å². The SMILES string of the molecule is Cl.N[C@@H]1CC[C@@H](C(O)CO)OC1. The second-order valence-electron chi connectivity index (χ2n) is 2.96. The zero-order valence-electron chi connectivity index (χ0n) is 6.85. The fourth-order valence-electron chi connectivity index (χ4n) is 1.21. The average molecular weight is 198 g/mol. The first-order valence-electron chi connectivity index (χ1n) is 3.90. The van der Waals surface area contributed by atoms with Crippen LogP contribution in [0.15, 0.2) is 0 Å². The van der Waals surface area contributed by atoms with E-state index in [-0.39, 0.29) is 31.2 Å². The van der Waals surface area contributed by atoms with Crippen molar-refractivity contribution in [1.29, 1.82) is 0 Å².